The number of hydrogen-bond acceptors (Lipinski definition) is 5. The largest absolute Gasteiger partial charge is 0.372 e. The van der Waals surface area contributed by atoms with Gasteiger partial charge in [-0.15, -0.1) is 0 Å². The Balaban J connectivity index is 1.72. The topological polar surface area (TPSA) is 64.9 Å². The first-order chi connectivity index (χ1) is 16.4. The van der Waals surface area contributed by atoms with E-state index in [9.17, 15) is 18.7 Å². The molecule has 4 rings (SSSR count). The van der Waals surface area contributed by atoms with Crippen molar-refractivity contribution in [1.29, 1.82) is 0 Å². The van der Waals surface area contributed by atoms with Crippen LogP contribution in [0, 0.1) is 5.92 Å². The molecular formula is C27H33F2N3O2. The lowest BCUT2D eigenvalue weighted by atomic mass is 9.82. The Labute approximate surface area is 199 Å². The molecule has 5 nitrogen and oxygen atoms in total. The molecule has 0 amide bonds. The Morgan fingerprint density at radius 1 is 1.12 bits per heavy atom. The van der Waals surface area contributed by atoms with Crippen LogP contribution in [0.4, 0.5) is 14.5 Å². The molecule has 1 heterocycles. The maximum atomic E-state index is 13.7. The molecule has 1 saturated heterocycles. The van der Waals surface area contributed by atoms with E-state index in [2.05, 4.69) is 5.32 Å². The van der Waals surface area contributed by atoms with Crippen molar-refractivity contribution >= 4 is 17.7 Å². The molecule has 7 heteroatoms. The second-order valence-corrected chi connectivity index (χ2v) is 9.41. The van der Waals surface area contributed by atoms with Crippen LogP contribution < -0.4 is 10.2 Å². The molecule has 1 aliphatic heterocycles. The van der Waals surface area contributed by atoms with Crippen molar-refractivity contribution in [3.63, 3.8) is 0 Å². The Kier molecular flexibility index (Phi) is 7.73. The molecule has 0 spiro atoms. The third kappa shape index (κ3) is 5.53. The minimum atomic E-state index is -2.66. The number of para-hydroxylation sites is 1. The number of benzene rings is 2. The number of carbonyl (C=O) groups excluding carboxylic acids is 1. The number of aldehydes is 1. The Hall–Kier alpha value is -2.64. The van der Waals surface area contributed by atoms with Gasteiger partial charge < -0.3 is 20.1 Å². The third-order valence-electron chi connectivity index (χ3n) is 7.10. The lowest BCUT2D eigenvalue weighted by Gasteiger charge is -2.32. The van der Waals surface area contributed by atoms with Crippen LogP contribution >= 0.6 is 0 Å². The second kappa shape index (κ2) is 10.7. The fourth-order valence-corrected chi connectivity index (χ4v) is 5.06. The molecule has 34 heavy (non-hydrogen) atoms. The highest BCUT2D eigenvalue weighted by Gasteiger charge is 2.38. The summed E-state index contributed by atoms with van der Waals surface area (Å²) in [7, 11) is 1.85. The number of hydrogen-bond donors (Lipinski definition) is 2. The van der Waals surface area contributed by atoms with Crippen LogP contribution in [0.15, 0.2) is 59.6 Å². The normalized spacial score (nSPS) is 22.8. The van der Waals surface area contributed by atoms with Gasteiger partial charge in [0, 0.05) is 36.7 Å². The van der Waals surface area contributed by atoms with Gasteiger partial charge in [-0.2, -0.15) is 0 Å². The minimum Gasteiger partial charge on any atom is -0.372 e. The number of nitrogens with one attached hydrogen (secondary N) is 1. The summed E-state index contributed by atoms with van der Waals surface area (Å²) in [4.78, 5) is 18.8. The van der Waals surface area contributed by atoms with Crippen molar-refractivity contribution in [2.75, 3.05) is 18.5 Å². The number of nitrogens with zero attached hydrogens (tertiary/aromatic N) is 2. The number of aliphatic hydroxyl groups excluding tert-OH is 1. The van der Waals surface area contributed by atoms with Crippen LogP contribution in [0.1, 0.15) is 49.7 Å². The summed E-state index contributed by atoms with van der Waals surface area (Å²) in [5.74, 6) is -2.87. The summed E-state index contributed by atoms with van der Waals surface area (Å²) in [5, 5.41) is 14.4. The van der Waals surface area contributed by atoms with Gasteiger partial charge in [0.05, 0.1) is 11.8 Å². The number of likely N-dealkylation sites (N-methyl/N-ethyl adjacent to an activating group) is 1. The first-order valence-corrected chi connectivity index (χ1v) is 12.1. The quantitative estimate of drug-likeness (QED) is 0.341. The summed E-state index contributed by atoms with van der Waals surface area (Å²) in [6, 6.07) is 16.5. The summed E-state index contributed by atoms with van der Waals surface area (Å²) >= 11 is 0. The minimum absolute atomic E-state index is 0.0261. The van der Waals surface area contributed by atoms with Gasteiger partial charge >= 0.3 is 0 Å². The van der Waals surface area contributed by atoms with Crippen LogP contribution in [0.5, 0.6) is 0 Å². The molecule has 0 aromatic heterocycles. The highest BCUT2D eigenvalue weighted by molar-refractivity contribution is 6.16. The standard InChI is InChI=1S/C27H33F2N3O2/c1-32(26(34)22-11-7-17-30-22)24-12-6-5-10-21(24)25(20-8-3-2-4-9-20)31-23(18-33)19-13-15-27(28,29)16-14-19/h2-6,8-10,12,18-19,22-23,26,30,34H,7,11,13-17H2,1H3. The fraction of sp³-hybridized carbons (Fsp3) is 0.481. The van der Waals surface area contributed by atoms with Crippen molar-refractivity contribution in [1.82, 2.24) is 5.32 Å². The van der Waals surface area contributed by atoms with E-state index in [-0.39, 0.29) is 37.6 Å². The van der Waals surface area contributed by atoms with E-state index in [0.717, 1.165) is 42.5 Å². The van der Waals surface area contributed by atoms with Gasteiger partial charge in [-0.3, -0.25) is 4.99 Å². The van der Waals surface area contributed by atoms with E-state index in [1.54, 1.807) is 0 Å². The van der Waals surface area contributed by atoms with Crippen LogP contribution in [0.2, 0.25) is 0 Å². The van der Waals surface area contributed by atoms with Crippen LogP contribution in [0.25, 0.3) is 0 Å². The zero-order valence-electron chi connectivity index (χ0n) is 19.5. The molecular weight excluding hydrogens is 436 g/mol. The summed E-state index contributed by atoms with van der Waals surface area (Å²) in [6.45, 7) is 0.884. The van der Waals surface area contributed by atoms with Crippen LogP contribution in [-0.2, 0) is 4.79 Å². The lowest BCUT2D eigenvalue weighted by Crippen LogP contribution is -2.46. The van der Waals surface area contributed by atoms with Gasteiger partial charge in [0.15, 0.2) is 0 Å². The highest BCUT2D eigenvalue weighted by Crippen LogP contribution is 2.38. The van der Waals surface area contributed by atoms with Crippen molar-refractivity contribution in [2.24, 2.45) is 10.9 Å². The van der Waals surface area contributed by atoms with Crippen molar-refractivity contribution < 1.29 is 18.7 Å². The van der Waals surface area contributed by atoms with Gasteiger partial charge in [0.1, 0.15) is 18.6 Å². The molecule has 0 radical (unpaired) electrons. The van der Waals surface area contributed by atoms with Gasteiger partial charge in [0.25, 0.3) is 0 Å². The van der Waals surface area contributed by atoms with Gasteiger partial charge in [-0.05, 0) is 44.2 Å². The monoisotopic (exact) mass is 469 g/mol. The maximum Gasteiger partial charge on any atom is 0.248 e. The number of aliphatic imine (C=N–C) groups is 1. The first-order valence-electron chi connectivity index (χ1n) is 12.1. The molecule has 2 aromatic rings. The second-order valence-electron chi connectivity index (χ2n) is 9.41. The zero-order valence-corrected chi connectivity index (χ0v) is 19.5. The molecule has 1 aliphatic carbocycles. The molecule has 2 aliphatic rings. The summed E-state index contributed by atoms with van der Waals surface area (Å²) < 4.78 is 27.4. The number of aliphatic hydroxyl groups is 1. The molecule has 1 saturated carbocycles. The third-order valence-corrected chi connectivity index (χ3v) is 7.10. The van der Waals surface area contributed by atoms with E-state index in [1.807, 2.05) is 66.5 Å². The number of rotatable bonds is 8. The highest BCUT2D eigenvalue weighted by atomic mass is 19.3. The molecule has 2 aromatic carbocycles. The van der Waals surface area contributed by atoms with Gasteiger partial charge in [0.2, 0.25) is 5.92 Å². The molecule has 3 unspecified atom stereocenters. The Morgan fingerprint density at radius 2 is 1.79 bits per heavy atom. The zero-order chi connectivity index (χ0) is 24.1. The number of alkyl halides is 2. The predicted molar refractivity (Wildman–Crippen MR) is 131 cm³/mol. The molecule has 2 fully saturated rings. The summed E-state index contributed by atoms with van der Waals surface area (Å²) in [6.07, 6.45) is 2.12. The van der Waals surface area contributed by atoms with Crippen molar-refractivity contribution in [2.45, 2.75) is 62.8 Å². The average molecular weight is 470 g/mol. The van der Waals surface area contributed by atoms with Gasteiger partial charge in [-0.25, -0.2) is 8.78 Å². The molecule has 182 valence electrons. The number of carbonyl (C=O) groups is 1. The summed E-state index contributed by atoms with van der Waals surface area (Å²) in [5.41, 5.74) is 3.06. The smallest absolute Gasteiger partial charge is 0.248 e. The number of halogens is 2. The maximum absolute atomic E-state index is 13.7. The van der Waals surface area contributed by atoms with Gasteiger partial charge in [-0.1, -0.05) is 48.5 Å². The van der Waals surface area contributed by atoms with Crippen molar-refractivity contribution in [3.05, 3.63) is 65.7 Å². The van der Waals surface area contributed by atoms with Crippen LogP contribution in [-0.4, -0.2) is 54.9 Å². The Morgan fingerprint density at radius 3 is 2.44 bits per heavy atom. The molecule has 2 N–H and O–H groups in total. The van der Waals surface area contributed by atoms with Crippen LogP contribution in [0.3, 0.4) is 0 Å². The van der Waals surface area contributed by atoms with E-state index in [0.29, 0.717) is 5.71 Å². The van der Waals surface area contributed by atoms with E-state index >= 15 is 0 Å². The first kappa shape index (κ1) is 24.5. The molecule has 0 bridgehead atoms. The fourth-order valence-electron chi connectivity index (χ4n) is 5.06. The Bertz CT molecular complexity index is 982. The van der Waals surface area contributed by atoms with Crippen molar-refractivity contribution in [3.8, 4) is 0 Å². The predicted octanol–water partition coefficient (Wildman–Crippen LogP) is 4.42. The number of anilines is 1. The SMILES string of the molecule is CN(c1ccccc1C(=NC(C=O)C1CCC(F)(F)CC1)c1ccccc1)C(O)C1CCCN1. The van der Waals surface area contributed by atoms with E-state index in [4.69, 9.17) is 4.99 Å². The lowest BCUT2D eigenvalue weighted by molar-refractivity contribution is -0.111. The van der Waals surface area contributed by atoms with E-state index in [1.165, 1.54) is 0 Å². The average Bonchev–Trinajstić information content (AvgIpc) is 3.40. The molecule has 3 atom stereocenters. The van der Waals surface area contributed by atoms with E-state index < -0.39 is 18.2 Å².